The minimum atomic E-state index is -0.384. The lowest BCUT2D eigenvalue weighted by atomic mass is 9.93. The molecule has 0 unspecified atom stereocenters. The molecule has 2 aliphatic rings. The summed E-state index contributed by atoms with van der Waals surface area (Å²) in [5, 5.41) is 1.25. The largest absolute Gasteiger partial charge is 0.366 e. The van der Waals surface area contributed by atoms with Crippen LogP contribution in [-0.4, -0.2) is 72.3 Å². The molecule has 0 radical (unpaired) electrons. The maximum Gasteiger partial charge on any atom is 0.236 e. The molecule has 0 aliphatic carbocycles. The number of likely N-dealkylation sites (tertiary alicyclic amines) is 1. The van der Waals surface area contributed by atoms with Gasteiger partial charge in [0.15, 0.2) is 5.78 Å². The van der Waals surface area contributed by atoms with Gasteiger partial charge in [0.25, 0.3) is 0 Å². The molecule has 0 saturated carbocycles. The first kappa shape index (κ1) is 22.6. The van der Waals surface area contributed by atoms with Gasteiger partial charge in [-0.25, -0.2) is 4.39 Å². The van der Waals surface area contributed by atoms with Crippen molar-refractivity contribution in [2.24, 2.45) is 0 Å². The molecule has 0 atom stereocenters. The molecular formula is C27H31FN4O2. The number of halogens is 1. The van der Waals surface area contributed by atoms with Crippen LogP contribution in [0.4, 0.5) is 10.1 Å². The van der Waals surface area contributed by atoms with Gasteiger partial charge in [-0.2, -0.15) is 0 Å². The first-order valence-electron chi connectivity index (χ1n) is 12.1. The Kier molecular flexibility index (Phi) is 6.37. The molecule has 1 aromatic heterocycles. The third kappa shape index (κ3) is 4.71. The molecule has 1 amide bonds. The van der Waals surface area contributed by atoms with Gasteiger partial charge in [0.05, 0.1) is 12.2 Å². The predicted molar refractivity (Wildman–Crippen MR) is 132 cm³/mol. The van der Waals surface area contributed by atoms with Crippen molar-refractivity contribution < 1.29 is 14.0 Å². The van der Waals surface area contributed by atoms with Gasteiger partial charge < -0.3 is 14.8 Å². The highest BCUT2D eigenvalue weighted by Gasteiger charge is 2.27. The van der Waals surface area contributed by atoms with Gasteiger partial charge >= 0.3 is 0 Å². The van der Waals surface area contributed by atoms with Crippen molar-refractivity contribution in [1.29, 1.82) is 0 Å². The van der Waals surface area contributed by atoms with Crippen LogP contribution in [0.3, 0.4) is 0 Å². The summed E-state index contributed by atoms with van der Waals surface area (Å²) < 4.78 is 14.5. The normalized spacial score (nSPS) is 17.9. The second-order valence-corrected chi connectivity index (χ2v) is 9.45. The summed E-state index contributed by atoms with van der Waals surface area (Å²) in [5.41, 5.74) is 3.36. The second-order valence-electron chi connectivity index (χ2n) is 9.45. The summed E-state index contributed by atoms with van der Waals surface area (Å²) in [4.78, 5) is 34.0. The second kappa shape index (κ2) is 9.58. The monoisotopic (exact) mass is 462 g/mol. The molecule has 178 valence electrons. The van der Waals surface area contributed by atoms with Crippen molar-refractivity contribution in [2.45, 2.75) is 25.7 Å². The number of aromatic nitrogens is 1. The molecular weight excluding hydrogens is 431 g/mol. The van der Waals surface area contributed by atoms with Gasteiger partial charge in [0.2, 0.25) is 5.91 Å². The fourth-order valence-electron chi connectivity index (χ4n) is 5.19. The molecule has 2 aliphatic heterocycles. The molecule has 2 saturated heterocycles. The molecule has 1 N–H and O–H groups in total. The molecule has 3 aromatic rings. The van der Waals surface area contributed by atoms with Crippen molar-refractivity contribution in [1.82, 2.24) is 14.8 Å². The summed E-state index contributed by atoms with van der Waals surface area (Å²) in [7, 11) is 0. The zero-order valence-electron chi connectivity index (χ0n) is 19.6. The van der Waals surface area contributed by atoms with Crippen LogP contribution in [0.25, 0.3) is 10.9 Å². The smallest absolute Gasteiger partial charge is 0.236 e. The quantitative estimate of drug-likeness (QED) is 0.582. The molecule has 0 spiro atoms. The number of carbonyl (C=O) groups is 2. The lowest BCUT2D eigenvalue weighted by Gasteiger charge is -2.38. The lowest BCUT2D eigenvalue weighted by Crippen LogP contribution is -2.52. The topological polar surface area (TPSA) is 59.7 Å². The van der Waals surface area contributed by atoms with Crippen molar-refractivity contribution in [3.63, 3.8) is 0 Å². The Bertz CT molecular complexity index is 1160. The zero-order valence-corrected chi connectivity index (χ0v) is 19.6. The van der Waals surface area contributed by atoms with Crippen molar-refractivity contribution in [2.75, 3.05) is 50.7 Å². The van der Waals surface area contributed by atoms with Crippen LogP contribution in [-0.2, 0) is 4.79 Å². The number of hydrogen-bond donors (Lipinski definition) is 1. The predicted octanol–water partition coefficient (Wildman–Crippen LogP) is 4.04. The third-order valence-corrected chi connectivity index (χ3v) is 7.26. The Hall–Kier alpha value is -3.19. The van der Waals surface area contributed by atoms with E-state index >= 15 is 0 Å². The van der Waals surface area contributed by atoms with Gasteiger partial charge in [0, 0.05) is 48.9 Å². The van der Waals surface area contributed by atoms with Gasteiger partial charge in [-0.3, -0.25) is 14.5 Å². The first-order valence-corrected chi connectivity index (χ1v) is 12.1. The summed E-state index contributed by atoms with van der Waals surface area (Å²) in [6, 6.07) is 15.3. The number of Topliss-reactive ketones (excluding diaryl/α,β-unsaturated/α-hetero) is 1. The number of rotatable bonds is 5. The fourth-order valence-corrected chi connectivity index (χ4v) is 5.19. The highest BCUT2D eigenvalue weighted by molar-refractivity contribution is 5.94. The van der Waals surface area contributed by atoms with Crippen LogP contribution in [0.1, 0.15) is 41.7 Å². The number of para-hydroxylation sites is 1. The molecule has 2 fully saturated rings. The number of nitrogens with one attached hydrogen (secondary N) is 1. The molecule has 6 nitrogen and oxygen atoms in total. The number of hydrogen-bond acceptors (Lipinski definition) is 4. The number of anilines is 1. The van der Waals surface area contributed by atoms with E-state index in [9.17, 15) is 14.0 Å². The Labute approximate surface area is 199 Å². The van der Waals surface area contributed by atoms with Crippen LogP contribution in [0.5, 0.6) is 0 Å². The van der Waals surface area contributed by atoms with Crippen molar-refractivity contribution >= 4 is 28.3 Å². The van der Waals surface area contributed by atoms with Gasteiger partial charge in [-0.1, -0.05) is 18.2 Å². The Morgan fingerprint density at radius 3 is 2.38 bits per heavy atom. The number of nitrogens with zero attached hydrogens (tertiary/aromatic N) is 3. The fraction of sp³-hybridized carbons (Fsp3) is 0.407. The minimum absolute atomic E-state index is 0.147. The third-order valence-electron chi connectivity index (χ3n) is 7.26. The Morgan fingerprint density at radius 1 is 0.971 bits per heavy atom. The SMILES string of the molecule is CC(=O)c1ccc(N2CCN(C(=O)CN3CCC(c4cc5ccccc5[nH]4)CC3)CC2)c(F)c1. The van der Waals surface area contributed by atoms with E-state index in [1.165, 1.54) is 29.6 Å². The number of benzene rings is 2. The van der Waals surface area contributed by atoms with Crippen LogP contribution >= 0.6 is 0 Å². The summed E-state index contributed by atoms with van der Waals surface area (Å²) in [5.74, 6) is 0.124. The highest BCUT2D eigenvalue weighted by atomic mass is 19.1. The average Bonchev–Trinajstić information content (AvgIpc) is 3.29. The van der Waals surface area contributed by atoms with E-state index in [-0.39, 0.29) is 17.5 Å². The van der Waals surface area contributed by atoms with E-state index in [0.717, 1.165) is 25.9 Å². The lowest BCUT2D eigenvalue weighted by molar-refractivity contribution is -0.133. The number of ketones is 1. The summed E-state index contributed by atoms with van der Waals surface area (Å²) in [6.45, 7) is 6.05. The number of H-pyrrole nitrogens is 1. The molecule has 2 aromatic carbocycles. The minimum Gasteiger partial charge on any atom is -0.366 e. The summed E-state index contributed by atoms with van der Waals surface area (Å²) >= 11 is 0. The first-order chi connectivity index (χ1) is 16.5. The summed E-state index contributed by atoms with van der Waals surface area (Å²) in [6.07, 6.45) is 2.09. The van der Waals surface area contributed by atoms with Gasteiger partial charge in [-0.15, -0.1) is 0 Å². The molecule has 3 heterocycles. The van der Waals surface area contributed by atoms with E-state index in [0.29, 0.717) is 49.9 Å². The van der Waals surface area contributed by atoms with E-state index in [1.54, 1.807) is 12.1 Å². The number of aromatic amines is 1. The van der Waals surface area contributed by atoms with Gasteiger partial charge in [0.1, 0.15) is 5.82 Å². The van der Waals surface area contributed by atoms with E-state index in [1.807, 2.05) is 9.80 Å². The Morgan fingerprint density at radius 2 is 1.71 bits per heavy atom. The number of fused-ring (bicyclic) bond motifs is 1. The number of amides is 1. The molecule has 5 rings (SSSR count). The van der Waals surface area contributed by atoms with Crippen molar-refractivity contribution in [3.8, 4) is 0 Å². The van der Waals surface area contributed by atoms with E-state index in [2.05, 4.69) is 40.2 Å². The van der Waals surface area contributed by atoms with Gasteiger partial charge in [-0.05, 0) is 68.6 Å². The average molecular weight is 463 g/mol. The maximum atomic E-state index is 14.5. The maximum absolute atomic E-state index is 14.5. The van der Waals surface area contributed by atoms with Crippen LogP contribution in [0, 0.1) is 5.82 Å². The number of piperidine rings is 1. The highest BCUT2D eigenvalue weighted by Crippen LogP contribution is 2.30. The van der Waals surface area contributed by atoms with Crippen LogP contribution in [0.2, 0.25) is 0 Å². The number of carbonyl (C=O) groups excluding carboxylic acids is 2. The standard InChI is InChI=1S/C27H31FN4O2/c1-19(33)21-6-7-26(23(28)16-21)31-12-14-32(15-13-31)27(34)18-30-10-8-20(9-11-30)25-17-22-4-2-3-5-24(22)29-25/h2-7,16-17,20,29H,8-15,18H2,1H3. The number of piperazine rings is 1. The molecule has 7 heteroatoms. The van der Waals surface area contributed by atoms with Crippen LogP contribution in [0.15, 0.2) is 48.5 Å². The van der Waals surface area contributed by atoms with E-state index < -0.39 is 0 Å². The molecule has 0 bridgehead atoms. The Balaban J connectivity index is 1.10. The van der Waals surface area contributed by atoms with Crippen LogP contribution < -0.4 is 4.90 Å². The zero-order chi connectivity index (χ0) is 23.7. The van der Waals surface area contributed by atoms with E-state index in [4.69, 9.17) is 0 Å². The van der Waals surface area contributed by atoms with Crippen molar-refractivity contribution in [3.05, 3.63) is 65.6 Å². The molecule has 34 heavy (non-hydrogen) atoms.